The van der Waals surface area contributed by atoms with E-state index in [1.165, 1.54) is 43.5 Å². The van der Waals surface area contributed by atoms with Crippen molar-refractivity contribution < 1.29 is 13.7 Å². The molecule has 6 nitrogen and oxygen atoms in total. The maximum atomic E-state index is 12.9. The molecule has 2 heterocycles. The molecule has 0 bridgehead atoms. The maximum absolute atomic E-state index is 12.9. The van der Waals surface area contributed by atoms with Crippen molar-refractivity contribution >= 4 is 5.91 Å². The molecule has 0 spiro atoms. The van der Waals surface area contributed by atoms with Crippen LogP contribution in [0.25, 0.3) is 11.4 Å². The molecule has 0 aliphatic carbocycles. The molecule has 7 heteroatoms. The van der Waals surface area contributed by atoms with E-state index in [9.17, 15) is 9.18 Å². The topological polar surface area (TPSA) is 71.3 Å². The number of aromatic nitrogens is 2. The van der Waals surface area contributed by atoms with Crippen molar-refractivity contribution in [3.8, 4) is 11.4 Å². The van der Waals surface area contributed by atoms with Gasteiger partial charge in [-0.25, -0.2) is 4.39 Å². The fraction of sp³-hybridized carbons (Fsp3) is 0.438. The van der Waals surface area contributed by atoms with E-state index in [0.717, 1.165) is 19.6 Å². The van der Waals surface area contributed by atoms with Gasteiger partial charge in [-0.1, -0.05) is 11.6 Å². The van der Waals surface area contributed by atoms with Crippen LogP contribution in [0.5, 0.6) is 0 Å². The maximum Gasteiger partial charge on any atom is 0.316 e. The molecule has 1 fully saturated rings. The summed E-state index contributed by atoms with van der Waals surface area (Å²) in [6, 6.07) is 5.70. The molecule has 3 rings (SSSR count). The van der Waals surface area contributed by atoms with Gasteiger partial charge in [0, 0.05) is 18.7 Å². The van der Waals surface area contributed by atoms with Crippen LogP contribution in [0.4, 0.5) is 4.39 Å². The number of benzene rings is 1. The molecule has 1 saturated heterocycles. The predicted octanol–water partition coefficient (Wildman–Crippen LogP) is 2.09. The Morgan fingerprint density at radius 1 is 1.22 bits per heavy atom. The second-order valence-electron chi connectivity index (χ2n) is 5.59. The van der Waals surface area contributed by atoms with Gasteiger partial charge in [0.05, 0.1) is 0 Å². The van der Waals surface area contributed by atoms with E-state index in [2.05, 4.69) is 20.4 Å². The molecule has 2 aromatic rings. The van der Waals surface area contributed by atoms with E-state index in [4.69, 9.17) is 4.52 Å². The van der Waals surface area contributed by atoms with Gasteiger partial charge in [-0.05, 0) is 50.2 Å². The Hall–Kier alpha value is -2.28. The van der Waals surface area contributed by atoms with E-state index < -0.39 is 0 Å². The van der Waals surface area contributed by atoms with E-state index in [1.54, 1.807) is 0 Å². The lowest BCUT2D eigenvalue weighted by atomic mass is 10.1. The van der Waals surface area contributed by atoms with Crippen LogP contribution in [0.3, 0.4) is 0 Å². The number of carbonyl (C=O) groups excluding carboxylic acids is 1. The van der Waals surface area contributed by atoms with Gasteiger partial charge < -0.3 is 14.7 Å². The summed E-state index contributed by atoms with van der Waals surface area (Å²) in [7, 11) is 0. The standard InChI is InChI=1S/C16H19FN4O2/c17-13-6-4-12(5-7-13)14-19-16(23-20-14)15(22)18-8-11-21-9-2-1-3-10-21/h4-7H,1-3,8-11H2,(H,18,22). The molecule has 1 aromatic carbocycles. The molecule has 1 aliphatic rings. The molecule has 1 N–H and O–H groups in total. The van der Waals surface area contributed by atoms with Crippen LogP contribution in [-0.4, -0.2) is 47.1 Å². The molecule has 0 unspecified atom stereocenters. The number of likely N-dealkylation sites (tertiary alicyclic amines) is 1. The predicted molar refractivity (Wildman–Crippen MR) is 82.3 cm³/mol. The molecule has 23 heavy (non-hydrogen) atoms. The first-order valence-electron chi connectivity index (χ1n) is 7.82. The number of rotatable bonds is 5. The Kier molecular flexibility index (Phi) is 4.97. The van der Waals surface area contributed by atoms with Gasteiger partial charge in [0.25, 0.3) is 0 Å². The lowest BCUT2D eigenvalue weighted by Gasteiger charge is -2.26. The quantitative estimate of drug-likeness (QED) is 0.914. The summed E-state index contributed by atoms with van der Waals surface area (Å²) in [4.78, 5) is 18.4. The second kappa shape index (κ2) is 7.32. The van der Waals surface area contributed by atoms with Crippen molar-refractivity contribution in [2.45, 2.75) is 19.3 Å². The molecule has 122 valence electrons. The second-order valence-corrected chi connectivity index (χ2v) is 5.59. The van der Waals surface area contributed by atoms with Crippen molar-refractivity contribution in [1.29, 1.82) is 0 Å². The third-order valence-electron chi connectivity index (χ3n) is 3.88. The summed E-state index contributed by atoms with van der Waals surface area (Å²) in [6.45, 7) is 3.55. The fourth-order valence-corrected chi connectivity index (χ4v) is 2.62. The number of hydrogen-bond acceptors (Lipinski definition) is 5. The minimum atomic E-state index is -0.386. The average Bonchev–Trinajstić information content (AvgIpc) is 3.06. The average molecular weight is 318 g/mol. The highest BCUT2D eigenvalue weighted by Crippen LogP contribution is 2.16. The number of halogens is 1. The lowest BCUT2D eigenvalue weighted by molar-refractivity contribution is 0.0903. The van der Waals surface area contributed by atoms with Gasteiger partial charge >= 0.3 is 11.8 Å². The number of nitrogens with zero attached hydrogens (tertiary/aromatic N) is 3. The van der Waals surface area contributed by atoms with Gasteiger partial charge in [0.1, 0.15) is 5.82 Å². The Morgan fingerprint density at radius 3 is 2.70 bits per heavy atom. The highest BCUT2D eigenvalue weighted by Gasteiger charge is 2.16. The fourth-order valence-electron chi connectivity index (χ4n) is 2.62. The molecule has 1 aliphatic heterocycles. The zero-order chi connectivity index (χ0) is 16.1. The smallest absolute Gasteiger partial charge is 0.316 e. The molecule has 0 saturated carbocycles. The van der Waals surface area contributed by atoms with Crippen molar-refractivity contribution in [3.63, 3.8) is 0 Å². The van der Waals surface area contributed by atoms with Crippen molar-refractivity contribution in [3.05, 3.63) is 36.0 Å². The van der Waals surface area contributed by atoms with Crippen LogP contribution < -0.4 is 5.32 Å². The van der Waals surface area contributed by atoms with E-state index in [0.29, 0.717) is 12.1 Å². The number of piperidine rings is 1. The van der Waals surface area contributed by atoms with Crippen LogP contribution in [0, 0.1) is 5.82 Å². The van der Waals surface area contributed by atoms with Crippen LogP contribution in [0.15, 0.2) is 28.8 Å². The molecular weight excluding hydrogens is 299 g/mol. The molecule has 0 atom stereocenters. The SMILES string of the molecule is O=C(NCCN1CCCCC1)c1nc(-c2ccc(F)cc2)no1. The molecule has 1 aromatic heterocycles. The van der Waals surface area contributed by atoms with Crippen molar-refractivity contribution in [2.75, 3.05) is 26.2 Å². The monoisotopic (exact) mass is 318 g/mol. The summed E-state index contributed by atoms with van der Waals surface area (Å²) in [5, 5.41) is 6.54. The minimum absolute atomic E-state index is 0.0806. The first-order valence-corrected chi connectivity index (χ1v) is 7.82. The Labute approximate surface area is 133 Å². The summed E-state index contributed by atoms with van der Waals surface area (Å²) in [5.41, 5.74) is 0.600. The van der Waals surface area contributed by atoms with Gasteiger partial charge in [0.2, 0.25) is 5.82 Å². The summed E-state index contributed by atoms with van der Waals surface area (Å²) >= 11 is 0. The van der Waals surface area contributed by atoms with E-state index in [1.807, 2.05) is 0 Å². The van der Waals surface area contributed by atoms with E-state index >= 15 is 0 Å². The number of nitrogens with one attached hydrogen (secondary N) is 1. The zero-order valence-corrected chi connectivity index (χ0v) is 12.8. The first kappa shape index (κ1) is 15.6. The summed E-state index contributed by atoms with van der Waals surface area (Å²) in [5.74, 6) is -0.537. The van der Waals surface area contributed by atoms with Gasteiger partial charge in [-0.15, -0.1) is 0 Å². The Morgan fingerprint density at radius 2 is 1.96 bits per heavy atom. The first-order chi connectivity index (χ1) is 11.2. The highest BCUT2D eigenvalue weighted by molar-refractivity contribution is 5.89. The lowest BCUT2D eigenvalue weighted by Crippen LogP contribution is -2.37. The van der Waals surface area contributed by atoms with Crippen molar-refractivity contribution in [1.82, 2.24) is 20.4 Å². The highest BCUT2D eigenvalue weighted by atomic mass is 19.1. The van der Waals surface area contributed by atoms with Crippen LogP contribution >= 0.6 is 0 Å². The molecule has 1 amide bonds. The minimum Gasteiger partial charge on any atom is -0.347 e. The van der Waals surface area contributed by atoms with Crippen LogP contribution in [0.2, 0.25) is 0 Å². The largest absolute Gasteiger partial charge is 0.347 e. The summed E-state index contributed by atoms with van der Waals surface area (Å²) < 4.78 is 17.9. The van der Waals surface area contributed by atoms with Gasteiger partial charge in [-0.2, -0.15) is 4.98 Å². The zero-order valence-electron chi connectivity index (χ0n) is 12.8. The number of hydrogen-bond donors (Lipinski definition) is 1. The number of amides is 1. The Bertz CT molecular complexity index is 650. The van der Waals surface area contributed by atoms with E-state index in [-0.39, 0.29) is 23.4 Å². The number of carbonyl (C=O) groups is 1. The summed E-state index contributed by atoms with van der Waals surface area (Å²) in [6.07, 6.45) is 3.73. The van der Waals surface area contributed by atoms with Crippen LogP contribution in [-0.2, 0) is 0 Å². The third-order valence-corrected chi connectivity index (χ3v) is 3.88. The normalized spacial score (nSPS) is 15.5. The van der Waals surface area contributed by atoms with Crippen molar-refractivity contribution in [2.24, 2.45) is 0 Å². The molecule has 0 radical (unpaired) electrons. The Balaban J connectivity index is 1.52. The van der Waals surface area contributed by atoms with Gasteiger partial charge in [-0.3, -0.25) is 4.79 Å². The van der Waals surface area contributed by atoms with Crippen LogP contribution in [0.1, 0.15) is 29.9 Å². The molecular formula is C16H19FN4O2. The third kappa shape index (κ3) is 4.13. The van der Waals surface area contributed by atoms with Gasteiger partial charge in [0.15, 0.2) is 0 Å².